The van der Waals surface area contributed by atoms with Gasteiger partial charge in [-0.25, -0.2) is 0 Å². The third kappa shape index (κ3) is 7.86. The molecule has 0 bridgehead atoms. The normalized spacial score (nSPS) is 19.2. The molecular formula is C20H35N5. The Balaban J connectivity index is 1.78. The summed E-state index contributed by atoms with van der Waals surface area (Å²) in [7, 11) is 0. The molecule has 1 aromatic heterocycles. The van der Waals surface area contributed by atoms with E-state index in [4.69, 9.17) is 4.99 Å². The summed E-state index contributed by atoms with van der Waals surface area (Å²) in [5.41, 5.74) is 1.11. The van der Waals surface area contributed by atoms with Crippen LogP contribution in [0.1, 0.15) is 39.3 Å². The predicted molar refractivity (Wildman–Crippen MR) is 106 cm³/mol. The van der Waals surface area contributed by atoms with Crippen LogP contribution in [-0.2, 0) is 6.42 Å². The number of hydrogen-bond acceptors (Lipinski definition) is 3. The zero-order chi connectivity index (χ0) is 17.9. The van der Waals surface area contributed by atoms with Crippen LogP contribution in [0, 0.1) is 11.8 Å². The van der Waals surface area contributed by atoms with Crippen molar-refractivity contribution in [2.75, 3.05) is 39.3 Å². The Morgan fingerprint density at radius 3 is 2.96 bits per heavy atom. The minimum atomic E-state index is 0.679. The van der Waals surface area contributed by atoms with Crippen molar-refractivity contribution < 1.29 is 0 Å². The second-order valence-electron chi connectivity index (χ2n) is 7.38. The second kappa shape index (κ2) is 11.1. The molecule has 1 fully saturated rings. The summed E-state index contributed by atoms with van der Waals surface area (Å²) in [6.45, 7) is 13.0. The van der Waals surface area contributed by atoms with Gasteiger partial charge in [-0.3, -0.25) is 9.98 Å². The largest absolute Gasteiger partial charge is 0.357 e. The molecule has 25 heavy (non-hydrogen) atoms. The number of piperidine rings is 1. The molecule has 1 aliphatic rings. The number of hydrogen-bond donors (Lipinski definition) is 2. The topological polar surface area (TPSA) is 52.6 Å². The van der Waals surface area contributed by atoms with Crippen LogP contribution in [0.3, 0.4) is 0 Å². The van der Waals surface area contributed by atoms with Gasteiger partial charge in [-0.1, -0.05) is 19.9 Å². The van der Waals surface area contributed by atoms with Crippen molar-refractivity contribution in [2.24, 2.45) is 16.8 Å². The number of likely N-dealkylation sites (tertiary alicyclic amines) is 1. The van der Waals surface area contributed by atoms with E-state index in [-0.39, 0.29) is 0 Å². The molecule has 0 aliphatic carbocycles. The van der Waals surface area contributed by atoms with Crippen molar-refractivity contribution in [2.45, 2.75) is 40.0 Å². The highest BCUT2D eigenvalue weighted by Crippen LogP contribution is 2.17. The van der Waals surface area contributed by atoms with Crippen LogP contribution in [0.25, 0.3) is 0 Å². The fourth-order valence-electron chi connectivity index (χ4n) is 3.40. The molecule has 140 valence electrons. The van der Waals surface area contributed by atoms with E-state index in [0.717, 1.165) is 43.6 Å². The van der Waals surface area contributed by atoms with E-state index in [2.05, 4.69) is 47.4 Å². The molecule has 0 spiro atoms. The molecule has 1 atom stereocenters. The number of nitrogens with zero attached hydrogens (tertiary/aromatic N) is 3. The predicted octanol–water partition coefficient (Wildman–Crippen LogP) is 2.55. The zero-order valence-corrected chi connectivity index (χ0v) is 16.2. The van der Waals surface area contributed by atoms with Gasteiger partial charge in [-0.2, -0.15) is 0 Å². The molecule has 0 radical (unpaired) electrons. The van der Waals surface area contributed by atoms with Crippen molar-refractivity contribution in [3.05, 3.63) is 30.1 Å². The van der Waals surface area contributed by atoms with Gasteiger partial charge in [0.25, 0.3) is 0 Å². The molecular weight excluding hydrogens is 310 g/mol. The number of guanidine groups is 1. The Morgan fingerprint density at radius 1 is 1.36 bits per heavy atom. The molecule has 2 N–H and O–H groups in total. The third-order valence-electron chi connectivity index (χ3n) is 4.48. The molecule has 0 amide bonds. The quantitative estimate of drug-likeness (QED) is 0.562. The Hall–Kier alpha value is -1.62. The molecule has 1 unspecified atom stereocenters. The summed E-state index contributed by atoms with van der Waals surface area (Å²) >= 11 is 0. The van der Waals surface area contributed by atoms with E-state index < -0.39 is 0 Å². The SMILES string of the molecule is CCNC(=NCC1CCCN(CC(C)C)C1)NCCc1ccccn1. The van der Waals surface area contributed by atoms with Crippen molar-refractivity contribution in [1.29, 1.82) is 0 Å². The van der Waals surface area contributed by atoms with Gasteiger partial charge in [0, 0.05) is 51.0 Å². The van der Waals surface area contributed by atoms with Gasteiger partial charge >= 0.3 is 0 Å². The number of pyridine rings is 1. The van der Waals surface area contributed by atoms with Gasteiger partial charge in [0.15, 0.2) is 5.96 Å². The monoisotopic (exact) mass is 345 g/mol. The number of aromatic nitrogens is 1. The highest BCUT2D eigenvalue weighted by molar-refractivity contribution is 5.79. The number of nitrogens with one attached hydrogen (secondary N) is 2. The minimum Gasteiger partial charge on any atom is -0.357 e. The molecule has 2 rings (SSSR count). The highest BCUT2D eigenvalue weighted by Gasteiger charge is 2.20. The van der Waals surface area contributed by atoms with Gasteiger partial charge in [0.05, 0.1) is 0 Å². The van der Waals surface area contributed by atoms with Crippen molar-refractivity contribution in [1.82, 2.24) is 20.5 Å². The lowest BCUT2D eigenvalue weighted by Gasteiger charge is -2.33. The van der Waals surface area contributed by atoms with E-state index in [1.165, 1.54) is 32.5 Å². The van der Waals surface area contributed by atoms with E-state index in [9.17, 15) is 0 Å². The molecule has 1 aromatic rings. The first-order valence-corrected chi connectivity index (χ1v) is 9.81. The first-order valence-electron chi connectivity index (χ1n) is 9.81. The maximum atomic E-state index is 4.83. The lowest BCUT2D eigenvalue weighted by atomic mass is 9.97. The standard InChI is InChI=1S/C20H35N5/c1-4-21-20(23-12-10-19-9-5-6-11-22-19)24-14-18-8-7-13-25(16-18)15-17(2)3/h5-6,9,11,17-18H,4,7-8,10,12-16H2,1-3H3,(H2,21,23,24). The van der Waals surface area contributed by atoms with Gasteiger partial charge in [-0.05, 0) is 50.3 Å². The van der Waals surface area contributed by atoms with Crippen molar-refractivity contribution in [3.8, 4) is 0 Å². The molecule has 0 saturated carbocycles. The summed E-state index contributed by atoms with van der Waals surface area (Å²) in [6, 6.07) is 6.06. The van der Waals surface area contributed by atoms with Crippen LogP contribution in [0.5, 0.6) is 0 Å². The lowest BCUT2D eigenvalue weighted by Crippen LogP contribution is -2.41. The Bertz CT molecular complexity index is 500. The van der Waals surface area contributed by atoms with Crippen molar-refractivity contribution in [3.63, 3.8) is 0 Å². The van der Waals surface area contributed by atoms with Gasteiger partial charge < -0.3 is 15.5 Å². The summed E-state index contributed by atoms with van der Waals surface area (Å²) in [4.78, 5) is 11.8. The average molecular weight is 346 g/mol. The second-order valence-corrected chi connectivity index (χ2v) is 7.38. The van der Waals surface area contributed by atoms with Crippen molar-refractivity contribution >= 4 is 5.96 Å². The summed E-state index contributed by atoms with van der Waals surface area (Å²) in [6.07, 6.45) is 5.36. The highest BCUT2D eigenvalue weighted by atomic mass is 15.2. The molecule has 1 aliphatic heterocycles. The molecule has 0 aromatic carbocycles. The Morgan fingerprint density at radius 2 is 2.24 bits per heavy atom. The van der Waals surface area contributed by atoms with Crippen LogP contribution >= 0.6 is 0 Å². The van der Waals surface area contributed by atoms with Crippen LogP contribution in [0.2, 0.25) is 0 Å². The Kier molecular flexibility index (Phi) is 8.73. The van der Waals surface area contributed by atoms with Crippen LogP contribution in [-0.4, -0.2) is 55.1 Å². The van der Waals surface area contributed by atoms with Crippen LogP contribution < -0.4 is 10.6 Å². The smallest absolute Gasteiger partial charge is 0.191 e. The maximum absolute atomic E-state index is 4.83. The summed E-state index contributed by atoms with van der Waals surface area (Å²) in [5, 5.41) is 6.79. The third-order valence-corrected chi connectivity index (χ3v) is 4.48. The van der Waals surface area contributed by atoms with E-state index >= 15 is 0 Å². The van der Waals surface area contributed by atoms with Gasteiger partial charge in [0.2, 0.25) is 0 Å². The molecule has 1 saturated heterocycles. The minimum absolute atomic E-state index is 0.679. The summed E-state index contributed by atoms with van der Waals surface area (Å²) < 4.78 is 0. The zero-order valence-electron chi connectivity index (χ0n) is 16.2. The van der Waals surface area contributed by atoms with Crippen LogP contribution in [0.4, 0.5) is 0 Å². The first-order chi connectivity index (χ1) is 12.2. The van der Waals surface area contributed by atoms with E-state index in [1.807, 2.05) is 18.3 Å². The lowest BCUT2D eigenvalue weighted by molar-refractivity contribution is 0.162. The van der Waals surface area contributed by atoms with E-state index in [0.29, 0.717) is 5.92 Å². The maximum Gasteiger partial charge on any atom is 0.191 e. The van der Waals surface area contributed by atoms with Gasteiger partial charge in [0.1, 0.15) is 0 Å². The first kappa shape index (κ1) is 19.7. The van der Waals surface area contributed by atoms with Crippen LogP contribution in [0.15, 0.2) is 29.4 Å². The molecule has 2 heterocycles. The average Bonchev–Trinajstić information content (AvgIpc) is 2.60. The number of aliphatic imine (C=N–C) groups is 1. The van der Waals surface area contributed by atoms with E-state index in [1.54, 1.807) is 0 Å². The number of rotatable bonds is 8. The van der Waals surface area contributed by atoms with Gasteiger partial charge in [-0.15, -0.1) is 0 Å². The Labute approximate surface area is 153 Å². The summed E-state index contributed by atoms with van der Waals surface area (Å²) in [5.74, 6) is 2.35. The molecule has 5 nitrogen and oxygen atoms in total. The fourth-order valence-corrected chi connectivity index (χ4v) is 3.40. The molecule has 5 heteroatoms. The fraction of sp³-hybridized carbons (Fsp3) is 0.700.